The van der Waals surface area contributed by atoms with E-state index in [0.717, 1.165) is 18.2 Å². The Morgan fingerprint density at radius 2 is 1.74 bits per heavy atom. The first-order valence-corrected chi connectivity index (χ1v) is 5.45. The van der Waals surface area contributed by atoms with E-state index < -0.39 is 23.2 Å². The van der Waals surface area contributed by atoms with Crippen molar-refractivity contribution in [2.75, 3.05) is 5.73 Å². The fraction of sp³-hybridized carbons (Fsp3) is 0.0714. The Balaban J connectivity index is 2.53. The summed E-state index contributed by atoms with van der Waals surface area (Å²) < 4.78 is 39.7. The highest BCUT2D eigenvalue weighted by atomic mass is 19.2. The molecule has 0 heterocycles. The third-order valence-corrected chi connectivity index (χ3v) is 2.70. The highest BCUT2D eigenvalue weighted by Crippen LogP contribution is 2.21. The molecular weight excluding hydrogens is 255 g/mol. The van der Waals surface area contributed by atoms with Gasteiger partial charge in [0.1, 0.15) is 5.82 Å². The van der Waals surface area contributed by atoms with Gasteiger partial charge < -0.3 is 5.73 Å². The summed E-state index contributed by atoms with van der Waals surface area (Å²) in [5.41, 5.74) is 5.59. The van der Waals surface area contributed by atoms with Gasteiger partial charge in [-0.05, 0) is 42.8 Å². The Morgan fingerprint density at radius 3 is 2.37 bits per heavy atom. The lowest BCUT2D eigenvalue weighted by molar-refractivity contribution is 0.103. The number of nitrogens with two attached hydrogens (primary N) is 1. The zero-order valence-corrected chi connectivity index (χ0v) is 10.0. The molecule has 2 N–H and O–H groups in total. The van der Waals surface area contributed by atoms with Crippen molar-refractivity contribution in [3.8, 4) is 0 Å². The third kappa shape index (κ3) is 2.45. The van der Waals surface area contributed by atoms with E-state index in [4.69, 9.17) is 5.73 Å². The minimum Gasteiger partial charge on any atom is -0.399 e. The van der Waals surface area contributed by atoms with Gasteiger partial charge >= 0.3 is 0 Å². The van der Waals surface area contributed by atoms with Gasteiger partial charge in [0.25, 0.3) is 0 Å². The second-order valence-electron chi connectivity index (χ2n) is 4.16. The number of nitrogen functional groups attached to an aromatic ring is 1. The van der Waals surface area contributed by atoms with Gasteiger partial charge in [0.05, 0.1) is 5.56 Å². The fourth-order valence-electron chi connectivity index (χ4n) is 1.76. The van der Waals surface area contributed by atoms with Gasteiger partial charge in [0.15, 0.2) is 17.4 Å². The molecule has 0 fully saturated rings. The summed E-state index contributed by atoms with van der Waals surface area (Å²) in [6, 6.07) is 5.21. The normalized spacial score (nSPS) is 10.5. The van der Waals surface area contributed by atoms with Gasteiger partial charge in [0, 0.05) is 11.3 Å². The van der Waals surface area contributed by atoms with Crippen molar-refractivity contribution in [3.05, 3.63) is 64.5 Å². The minimum atomic E-state index is -1.16. The second-order valence-corrected chi connectivity index (χ2v) is 4.16. The molecule has 0 saturated carbocycles. The van der Waals surface area contributed by atoms with E-state index in [2.05, 4.69) is 0 Å². The Labute approximate surface area is 107 Å². The van der Waals surface area contributed by atoms with Gasteiger partial charge in [-0.3, -0.25) is 4.79 Å². The van der Waals surface area contributed by atoms with E-state index in [0.29, 0.717) is 0 Å². The summed E-state index contributed by atoms with van der Waals surface area (Å²) in [6.45, 7) is 1.47. The number of halogens is 3. The van der Waals surface area contributed by atoms with Crippen LogP contribution in [0.25, 0.3) is 0 Å². The number of ketones is 1. The van der Waals surface area contributed by atoms with E-state index in [1.165, 1.54) is 19.1 Å². The number of rotatable bonds is 2. The number of anilines is 1. The lowest BCUT2D eigenvalue weighted by Gasteiger charge is -2.07. The van der Waals surface area contributed by atoms with Crippen LogP contribution >= 0.6 is 0 Å². The molecule has 0 unspecified atom stereocenters. The first kappa shape index (κ1) is 13.1. The molecule has 0 saturated heterocycles. The molecule has 98 valence electrons. The number of carbonyl (C=O) groups is 1. The molecule has 2 aromatic carbocycles. The molecular formula is C14H10F3NO. The molecule has 0 radical (unpaired) electrons. The first-order chi connectivity index (χ1) is 8.90. The molecule has 0 aliphatic heterocycles. The molecule has 0 aliphatic carbocycles. The molecule has 0 aliphatic rings. The van der Waals surface area contributed by atoms with Crippen LogP contribution in [-0.2, 0) is 0 Å². The van der Waals surface area contributed by atoms with Crippen LogP contribution in [0.15, 0.2) is 30.3 Å². The lowest BCUT2D eigenvalue weighted by Crippen LogP contribution is -2.07. The molecule has 0 spiro atoms. The van der Waals surface area contributed by atoms with E-state index >= 15 is 0 Å². The third-order valence-electron chi connectivity index (χ3n) is 2.70. The van der Waals surface area contributed by atoms with Crippen LogP contribution in [0.2, 0.25) is 0 Å². The average Bonchev–Trinajstić information content (AvgIpc) is 2.36. The monoisotopic (exact) mass is 265 g/mol. The highest BCUT2D eigenvalue weighted by Gasteiger charge is 2.17. The maximum atomic E-state index is 13.9. The van der Waals surface area contributed by atoms with Crippen molar-refractivity contribution in [2.24, 2.45) is 0 Å². The molecule has 2 rings (SSSR count). The van der Waals surface area contributed by atoms with Crippen molar-refractivity contribution in [1.82, 2.24) is 0 Å². The second kappa shape index (κ2) is 4.76. The standard InChI is InChI=1S/C14H10F3NO/c1-7-4-9(18)6-10(13(7)17)14(19)8-2-3-11(15)12(16)5-8/h2-6H,18H2,1H3. The van der Waals surface area contributed by atoms with Crippen LogP contribution in [0, 0.1) is 24.4 Å². The predicted molar refractivity (Wildman–Crippen MR) is 65.3 cm³/mol. The summed E-state index contributed by atoms with van der Waals surface area (Å²) in [5, 5.41) is 0. The van der Waals surface area contributed by atoms with Gasteiger partial charge in [-0.2, -0.15) is 0 Å². The Morgan fingerprint density at radius 1 is 1.05 bits per heavy atom. The average molecular weight is 265 g/mol. The quantitative estimate of drug-likeness (QED) is 0.669. The highest BCUT2D eigenvalue weighted by molar-refractivity contribution is 6.09. The Kier molecular flexibility index (Phi) is 3.29. The van der Waals surface area contributed by atoms with Gasteiger partial charge in [-0.15, -0.1) is 0 Å². The number of carbonyl (C=O) groups excluding carboxylic acids is 1. The lowest BCUT2D eigenvalue weighted by atomic mass is 10.00. The minimum absolute atomic E-state index is 0.136. The first-order valence-electron chi connectivity index (χ1n) is 5.45. The Hall–Kier alpha value is -2.30. The largest absolute Gasteiger partial charge is 0.399 e. The summed E-state index contributed by atoms with van der Waals surface area (Å²) in [4.78, 5) is 12.1. The molecule has 2 nitrogen and oxygen atoms in total. The molecule has 2 aromatic rings. The maximum absolute atomic E-state index is 13.9. The summed E-state index contributed by atoms with van der Waals surface area (Å²) >= 11 is 0. The molecule has 5 heteroatoms. The predicted octanol–water partition coefficient (Wildman–Crippen LogP) is 3.23. The van der Waals surface area contributed by atoms with Crippen molar-refractivity contribution >= 4 is 11.5 Å². The smallest absolute Gasteiger partial charge is 0.196 e. The van der Waals surface area contributed by atoms with Crippen molar-refractivity contribution in [3.63, 3.8) is 0 Å². The fourth-order valence-corrected chi connectivity index (χ4v) is 1.76. The topological polar surface area (TPSA) is 43.1 Å². The number of hydrogen-bond acceptors (Lipinski definition) is 2. The molecule has 19 heavy (non-hydrogen) atoms. The molecule has 0 atom stereocenters. The number of benzene rings is 2. The van der Waals surface area contributed by atoms with Gasteiger partial charge in [-0.25, -0.2) is 13.2 Å². The maximum Gasteiger partial charge on any atom is 0.196 e. The Bertz CT molecular complexity index is 668. The summed E-state index contributed by atoms with van der Waals surface area (Å²) in [7, 11) is 0. The van der Waals surface area contributed by atoms with Gasteiger partial charge in [-0.1, -0.05) is 0 Å². The SMILES string of the molecule is Cc1cc(N)cc(C(=O)c2ccc(F)c(F)c2)c1F. The van der Waals surface area contributed by atoms with Crippen LogP contribution in [-0.4, -0.2) is 5.78 Å². The number of hydrogen-bond donors (Lipinski definition) is 1. The molecule has 0 amide bonds. The molecule has 0 bridgehead atoms. The van der Waals surface area contributed by atoms with E-state index in [1.54, 1.807) is 0 Å². The number of aryl methyl sites for hydroxylation is 1. The van der Waals surface area contributed by atoms with Crippen molar-refractivity contribution in [2.45, 2.75) is 6.92 Å². The van der Waals surface area contributed by atoms with Gasteiger partial charge in [0.2, 0.25) is 0 Å². The zero-order chi connectivity index (χ0) is 14.2. The van der Waals surface area contributed by atoms with Crippen LogP contribution in [0.4, 0.5) is 18.9 Å². The van der Waals surface area contributed by atoms with Crippen LogP contribution < -0.4 is 5.73 Å². The van der Waals surface area contributed by atoms with Crippen molar-refractivity contribution in [1.29, 1.82) is 0 Å². The van der Waals surface area contributed by atoms with E-state index in [9.17, 15) is 18.0 Å². The van der Waals surface area contributed by atoms with Crippen LogP contribution in [0.1, 0.15) is 21.5 Å². The van der Waals surface area contributed by atoms with Crippen LogP contribution in [0.3, 0.4) is 0 Å². The summed E-state index contributed by atoms with van der Waals surface area (Å²) in [6.07, 6.45) is 0. The van der Waals surface area contributed by atoms with Crippen molar-refractivity contribution < 1.29 is 18.0 Å². The summed E-state index contributed by atoms with van der Waals surface area (Å²) in [5.74, 6) is -3.69. The molecule has 0 aromatic heterocycles. The zero-order valence-electron chi connectivity index (χ0n) is 10.0. The van der Waals surface area contributed by atoms with E-state index in [-0.39, 0.29) is 22.4 Å². The van der Waals surface area contributed by atoms with E-state index in [1.807, 2.05) is 0 Å². The van der Waals surface area contributed by atoms with Crippen LogP contribution in [0.5, 0.6) is 0 Å².